The van der Waals surface area contributed by atoms with Crippen molar-refractivity contribution in [1.29, 1.82) is 0 Å². The summed E-state index contributed by atoms with van der Waals surface area (Å²) < 4.78 is 20.4. The number of ether oxygens (including phenoxy) is 1. The van der Waals surface area contributed by atoms with Gasteiger partial charge in [-0.3, -0.25) is 4.99 Å². The molecule has 7 nitrogen and oxygen atoms in total. The predicted molar refractivity (Wildman–Crippen MR) is 131 cm³/mol. The zero-order chi connectivity index (χ0) is 23.2. The maximum Gasteiger partial charge on any atom is 0.160 e. The van der Waals surface area contributed by atoms with Gasteiger partial charge in [-0.05, 0) is 57.7 Å². The molecular weight excluding hydrogens is 439 g/mol. The van der Waals surface area contributed by atoms with E-state index < -0.39 is 5.54 Å². The molecule has 0 spiro atoms. The molecule has 3 heterocycles. The first-order valence-corrected chi connectivity index (χ1v) is 12.0. The highest BCUT2D eigenvalue weighted by atomic mass is 32.2. The first-order valence-electron chi connectivity index (χ1n) is 11.0. The van der Waals surface area contributed by atoms with Crippen molar-refractivity contribution >= 4 is 40.1 Å². The number of amidine groups is 1. The maximum atomic E-state index is 14.9. The van der Waals surface area contributed by atoms with Crippen molar-refractivity contribution in [3.63, 3.8) is 0 Å². The molecule has 0 saturated heterocycles. The minimum absolute atomic E-state index is 0.265. The summed E-state index contributed by atoms with van der Waals surface area (Å²) in [6.07, 6.45) is 5.62. The van der Waals surface area contributed by atoms with Crippen molar-refractivity contribution in [1.82, 2.24) is 15.0 Å². The topological polar surface area (TPSA) is 98.3 Å². The van der Waals surface area contributed by atoms with Crippen LogP contribution < -0.4 is 15.8 Å². The average Bonchev–Trinajstić information content (AvgIpc) is 3.61. The van der Waals surface area contributed by atoms with Gasteiger partial charge in [-0.15, -0.1) is 11.8 Å². The number of nitrogens with zero attached hydrogens (tertiary/aromatic N) is 4. The van der Waals surface area contributed by atoms with Crippen LogP contribution in [0.25, 0.3) is 11.0 Å². The Morgan fingerprint density at radius 2 is 2.00 bits per heavy atom. The number of hydrogen-bond donors (Lipinski definition) is 2. The molecule has 1 aromatic carbocycles. The van der Waals surface area contributed by atoms with Crippen molar-refractivity contribution in [3.8, 4) is 5.75 Å². The van der Waals surface area contributed by atoms with Crippen molar-refractivity contribution in [2.24, 2.45) is 16.6 Å². The van der Waals surface area contributed by atoms with Crippen molar-refractivity contribution in [2.75, 3.05) is 17.7 Å². The van der Waals surface area contributed by atoms with Crippen LogP contribution in [-0.2, 0) is 5.54 Å². The van der Waals surface area contributed by atoms with Crippen LogP contribution in [0.3, 0.4) is 0 Å². The number of rotatable bonds is 6. The fourth-order valence-corrected chi connectivity index (χ4v) is 4.77. The Bertz CT molecular complexity index is 1240. The van der Waals surface area contributed by atoms with E-state index in [2.05, 4.69) is 20.3 Å². The van der Waals surface area contributed by atoms with E-state index in [1.54, 1.807) is 30.1 Å². The smallest absolute Gasteiger partial charge is 0.160 e. The molecule has 1 atom stereocenters. The number of anilines is 2. The van der Waals surface area contributed by atoms with Crippen LogP contribution in [0.2, 0.25) is 0 Å². The third kappa shape index (κ3) is 4.46. The van der Waals surface area contributed by atoms with Gasteiger partial charge < -0.3 is 15.8 Å². The molecule has 1 fully saturated rings. The molecule has 3 N–H and O–H groups in total. The molecule has 33 heavy (non-hydrogen) atoms. The van der Waals surface area contributed by atoms with E-state index >= 15 is 0 Å². The largest absolute Gasteiger partial charge is 0.492 e. The quantitative estimate of drug-likeness (QED) is 0.539. The van der Waals surface area contributed by atoms with Gasteiger partial charge in [0.25, 0.3) is 0 Å². The molecule has 0 amide bonds. The second kappa shape index (κ2) is 8.13. The first-order chi connectivity index (χ1) is 15.7. The monoisotopic (exact) mass is 466 g/mol. The van der Waals surface area contributed by atoms with Crippen LogP contribution in [-0.4, -0.2) is 37.9 Å². The molecular formula is C24H27FN6OS. The summed E-state index contributed by atoms with van der Waals surface area (Å²) in [5, 5.41) is 3.27. The lowest BCUT2D eigenvalue weighted by Gasteiger charge is -2.38. The Morgan fingerprint density at radius 3 is 2.76 bits per heavy atom. The zero-order valence-corrected chi connectivity index (χ0v) is 19.7. The standard InChI is InChI=1S/C24H27FN6OS/c1-23(2)22(26)31-24(3,12-33-23)17-8-15(6-7-18(17)25)30-21-20-19(28-13-29-21)9-16(10-27-20)32-11-14-4-5-14/h6-10,13-14H,4-5,11-12H2,1-3H3,(H2,26,31)(H,28,29,30)/t24-/m0/s1. The number of aliphatic imine (C=N–C) groups is 1. The van der Waals surface area contributed by atoms with Gasteiger partial charge in [-0.25, -0.2) is 19.3 Å². The van der Waals surface area contributed by atoms with Crippen LogP contribution in [0, 0.1) is 11.7 Å². The van der Waals surface area contributed by atoms with Gasteiger partial charge in [-0.2, -0.15) is 0 Å². The Kier molecular flexibility index (Phi) is 5.39. The van der Waals surface area contributed by atoms with E-state index in [1.165, 1.54) is 25.2 Å². The normalized spacial score (nSPS) is 22.1. The number of fused-ring (bicyclic) bond motifs is 1. The molecule has 172 valence electrons. The molecule has 0 unspecified atom stereocenters. The number of thioether (sulfide) groups is 1. The average molecular weight is 467 g/mol. The van der Waals surface area contributed by atoms with Gasteiger partial charge in [-0.1, -0.05) is 0 Å². The molecule has 1 saturated carbocycles. The summed E-state index contributed by atoms with van der Waals surface area (Å²) in [5.74, 6) is 2.73. The van der Waals surface area contributed by atoms with Gasteiger partial charge in [0.05, 0.1) is 28.6 Å². The Morgan fingerprint density at radius 1 is 1.18 bits per heavy atom. The third-order valence-corrected chi connectivity index (χ3v) is 7.78. The Hall–Kier alpha value is -2.94. The van der Waals surface area contributed by atoms with E-state index in [1.807, 2.05) is 26.8 Å². The number of benzene rings is 1. The number of nitrogens with two attached hydrogens (primary N) is 1. The number of nitrogens with one attached hydrogen (secondary N) is 1. The molecule has 1 aliphatic heterocycles. The third-order valence-electron chi connectivity index (χ3n) is 6.14. The van der Waals surface area contributed by atoms with E-state index in [-0.39, 0.29) is 10.6 Å². The molecule has 5 rings (SSSR count). The summed E-state index contributed by atoms with van der Waals surface area (Å²) in [4.78, 5) is 17.9. The molecule has 0 bridgehead atoms. The molecule has 2 aliphatic rings. The van der Waals surface area contributed by atoms with Gasteiger partial charge in [0.1, 0.15) is 29.2 Å². The Labute approximate surface area is 196 Å². The number of pyridine rings is 1. The van der Waals surface area contributed by atoms with E-state index in [0.717, 1.165) is 0 Å². The first kappa shape index (κ1) is 21.9. The second-order valence-corrected chi connectivity index (χ2v) is 11.0. The lowest BCUT2D eigenvalue weighted by Crippen LogP contribution is -2.44. The highest BCUT2D eigenvalue weighted by Gasteiger charge is 2.39. The Balaban J connectivity index is 1.43. The van der Waals surface area contributed by atoms with Crippen LogP contribution in [0.1, 0.15) is 39.2 Å². The highest BCUT2D eigenvalue weighted by Crippen LogP contribution is 2.42. The summed E-state index contributed by atoms with van der Waals surface area (Å²) in [5.41, 5.74) is 7.92. The zero-order valence-electron chi connectivity index (χ0n) is 18.9. The second-order valence-electron chi connectivity index (χ2n) is 9.40. The van der Waals surface area contributed by atoms with Crippen LogP contribution in [0.4, 0.5) is 15.9 Å². The number of aromatic nitrogens is 3. The predicted octanol–water partition coefficient (Wildman–Crippen LogP) is 4.79. The number of hydrogen-bond acceptors (Lipinski definition) is 8. The fraction of sp³-hybridized carbons (Fsp3) is 0.417. The van der Waals surface area contributed by atoms with Crippen molar-refractivity contribution in [3.05, 3.63) is 48.2 Å². The SMILES string of the molecule is CC1(C)SC[C@@](C)(c2cc(Nc3ncnc4cc(OCC5CC5)cnc34)ccc2F)N=C1N. The van der Waals surface area contributed by atoms with Gasteiger partial charge in [0, 0.05) is 23.1 Å². The molecule has 2 aromatic heterocycles. The van der Waals surface area contributed by atoms with Crippen LogP contribution in [0.5, 0.6) is 5.75 Å². The molecule has 9 heteroatoms. The maximum absolute atomic E-state index is 14.9. The van der Waals surface area contributed by atoms with E-state index in [9.17, 15) is 4.39 Å². The summed E-state index contributed by atoms with van der Waals surface area (Å²) in [6.45, 7) is 6.68. The van der Waals surface area contributed by atoms with Crippen LogP contribution >= 0.6 is 11.8 Å². The minimum atomic E-state index is -0.758. The van der Waals surface area contributed by atoms with E-state index in [0.29, 0.717) is 58.0 Å². The molecule has 3 aromatic rings. The van der Waals surface area contributed by atoms with Crippen molar-refractivity contribution in [2.45, 2.75) is 43.9 Å². The lowest BCUT2D eigenvalue weighted by molar-refractivity contribution is 0.299. The minimum Gasteiger partial charge on any atom is -0.492 e. The van der Waals surface area contributed by atoms with Gasteiger partial charge in [0.15, 0.2) is 5.82 Å². The van der Waals surface area contributed by atoms with Gasteiger partial charge >= 0.3 is 0 Å². The fourth-order valence-electron chi connectivity index (χ4n) is 3.71. The summed E-state index contributed by atoms with van der Waals surface area (Å²) in [6, 6.07) is 6.76. The lowest BCUT2D eigenvalue weighted by atomic mass is 9.92. The van der Waals surface area contributed by atoms with Gasteiger partial charge in [0.2, 0.25) is 0 Å². The highest BCUT2D eigenvalue weighted by molar-refractivity contribution is 8.01. The molecule has 0 radical (unpaired) electrons. The summed E-state index contributed by atoms with van der Waals surface area (Å²) in [7, 11) is 0. The summed E-state index contributed by atoms with van der Waals surface area (Å²) >= 11 is 1.68. The number of halogens is 1. The van der Waals surface area contributed by atoms with Crippen LogP contribution in [0.15, 0.2) is 41.8 Å². The van der Waals surface area contributed by atoms with E-state index in [4.69, 9.17) is 15.5 Å². The molecule has 1 aliphatic carbocycles. The van der Waals surface area contributed by atoms with Crippen molar-refractivity contribution < 1.29 is 9.13 Å².